The van der Waals surface area contributed by atoms with Crippen LogP contribution in [0.2, 0.25) is 5.02 Å². The van der Waals surface area contributed by atoms with E-state index in [4.69, 9.17) is 16.3 Å². The number of ether oxygens (including phenoxy) is 1. The molecule has 1 saturated carbocycles. The zero-order chi connectivity index (χ0) is 31.5. The fourth-order valence-electron chi connectivity index (χ4n) is 7.39. The third-order valence-corrected chi connectivity index (χ3v) is 10.6. The molecule has 0 spiro atoms. The predicted molar refractivity (Wildman–Crippen MR) is 174 cm³/mol. The molecule has 1 heterocycles. The number of carboxylic acid groups (broad SMARTS) is 1. The van der Waals surface area contributed by atoms with Crippen molar-refractivity contribution in [1.82, 2.24) is 9.80 Å². The summed E-state index contributed by atoms with van der Waals surface area (Å²) in [5.74, 6) is -0.895. The van der Waals surface area contributed by atoms with E-state index in [9.17, 15) is 14.3 Å². The van der Waals surface area contributed by atoms with Gasteiger partial charge in [0.2, 0.25) is 0 Å². The summed E-state index contributed by atoms with van der Waals surface area (Å²) in [5.41, 5.74) is 3.89. The Balaban J connectivity index is 1.56. The third-order valence-electron chi connectivity index (χ3n) is 9.52. The van der Waals surface area contributed by atoms with Crippen LogP contribution in [-0.4, -0.2) is 75.2 Å². The number of hydrogen-bond donors (Lipinski definition) is 1. The molecule has 43 heavy (non-hydrogen) atoms. The molecule has 1 N–H and O–H groups in total. The number of rotatable bonds is 11. The summed E-state index contributed by atoms with van der Waals surface area (Å²) in [6, 6.07) is 10.1. The molecule has 235 valence electrons. The van der Waals surface area contributed by atoms with Crippen molar-refractivity contribution >= 4 is 27.8 Å². The summed E-state index contributed by atoms with van der Waals surface area (Å²) in [4.78, 5) is 17.2. The molecule has 1 aliphatic carbocycles. The highest BCUT2D eigenvalue weighted by molar-refractivity contribution is 6.30. The normalized spacial score (nSPS) is 24.8. The van der Waals surface area contributed by atoms with Crippen LogP contribution in [0.1, 0.15) is 112 Å². The smallest absolute Gasteiger partial charge is 0.325 e. The van der Waals surface area contributed by atoms with Gasteiger partial charge in [-0.2, -0.15) is 0 Å². The third kappa shape index (κ3) is 8.69. The van der Waals surface area contributed by atoms with Gasteiger partial charge in [0.05, 0.1) is 21.9 Å². The molecule has 0 aromatic heterocycles. The summed E-state index contributed by atoms with van der Waals surface area (Å²) in [6.07, 6.45) is 7.72. The van der Waals surface area contributed by atoms with Crippen molar-refractivity contribution in [3.05, 3.63) is 69.5 Å². The monoisotopic (exact) mass is 627 g/mol. The highest BCUT2D eigenvalue weighted by Crippen LogP contribution is 2.42. The van der Waals surface area contributed by atoms with E-state index >= 15 is 0 Å². The van der Waals surface area contributed by atoms with Crippen molar-refractivity contribution in [3.8, 4) is 0 Å². The van der Waals surface area contributed by atoms with Crippen LogP contribution in [0.5, 0.6) is 0 Å². The Morgan fingerprint density at radius 2 is 1.93 bits per heavy atom. The topological polar surface area (TPSA) is 53.0 Å². The SMILES string of the molecule is Cc1cccc([C@@H](C(=O)O)N(C)CC[C@@H](C[C@]2([Si])CCCN2C)c2cc(F)cc(Cl)c2)c1C1CCC(OC(C)(C)C)CC1. The average molecular weight is 628 g/mol. The van der Waals surface area contributed by atoms with Crippen molar-refractivity contribution in [2.45, 2.75) is 114 Å². The molecule has 3 radical (unpaired) electrons. The molecule has 0 amide bonds. The van der Waals surface area contributed by atoms with Crippen LogP contribution in [0.15, 0.2) is 36.4 Å². The Bertz CT molecular complexity index is 1240. The van der Waals surface area contributed by atoms with Crippen LogP contribution in [0.4, 0.5) is 4.39 Å². The van der Waals surface area contributed by atoms with Crippen molar-refractivity contribution < 1.29 is 19.0 Å². The largest absolute Gasteiger partial charge is 0.480 e. The molecule has 2 aromatic rings. The van der Waals surface area contributed by atoms with Gasteiger partial charge in [0.1, 0.15) is 11.9 Å². The van der Waals surface area contributed by atoms with E-state index in [1.165, 1.54) is 11.6 Å². The van der Waals surface area contributed by atoms with E-state index in [1.807, 2.05) is 30.1 Å². The number of carbonyl (C=O) groups is 1. The average Bonchev–Trinajstić information content (AvgIpc) is 3.23. The Kier molecular flexibility index (Phi) is 11.2. The first-order valence-electron chi connectivity index (χ1n) is 15.8. The molecule has 8 heteroatoms. The number of likely N-dealkylation sites (tertiary alicyclic amines) is 1. The van der Waals surface area contributed by atoms with Gasteiger partial charge in [0, 0.05) is 10.2 Å². The Morgan fingerprint density at radius 1 is 1.23 bits per heavy atom. The standard InChI is InChI=1S/C35H49ClFN2O3Si/c1-23-9-7-10-30(31(23)24-11-13-29(14-12-24)42-34(2,3)4)32(33(40)41)38(5)18-15-25(22-35(43)16-8-17-39(35)6)26-19-27(36)21-28(37)20-26/h7,9-10,19-21,24-25,29,32H,8,11-18,22H2,1-6H3,(H,40,41)/t24?,25-,29?,32-,35+/m0/s1. The molecule has 1 saturated heterocycles. The van der Waals surface area contributed by atoms with Gasteiger partial charge in [-0.05, 0) is 159 Å². The second kappa shape index (κ2) is 14.1. The van der Waals surface area contributed by atoms with Crippen LogP contribution < -0.4 is 0 Å². The molecule has 1 aliphatic heterocycles. The lowest BCUT2D eigenvalue weighted by Crippen LogP contribution is -2.43. The predicted octanol–water partition coefficient (Wildman–Crippen LogP) is 7.84. The second-order valence-corrected chi connectivity index (χ2v) is 15.3. The number of aryl methyl sites for hydroxylation is 1. The summed E-state index contributed by atoms with van der Waals surface area (Å²) < 4.78 is 20.8. The number of benzene rings is 2. The number of hydrogen-bond acceptors (Lipinski definition) is 4. The summed E-state index contributed by atoms with van der Waals surface area (Å²) in [6.45, 7) is 9.95. The minimum atomic E-state index is -0.850. The summed E-state index contributed by atoms with van der Waals surface area (Å²) in [7, 11) is 8.09. The van der Waals surface area contributed by atoms with E-state index in [1.54, 1.807) is 6.07 Å². The molecular formula is C35H49ClFN2O3Si. The van der Waals surface area contributed by atoms with Crippen LogP contribution in [0.25, 0.3) is 0 Å². The lowest BCUT2D eigenvalue weighted by atomic mass is 9.77. The summed E-state index contributed by atoms with van der Waals surface area (Å²) >= 11 is 6.30. The number of carboxylic acids is 1. The quantitative estimate of drug-likeness (QED) is 0.257. The maximum Gasteiger partial charge on any atom is 0.325 e. The Morgan fingerprint density at radius 3 is 2.51 bits per heavy atom. The van der Waals surface area contributed by atoms with Crippen molar-refractivity contribution in [2.24, 2.45) is 0 Å². The van der Waals surface area contributed by atoms with Crippen LogP contribution in [0, 0.1) is 12.7 Å². The van der Waals surface area contributed by atoms with Crippen LogP contribution in [0.3, 0.4) is 0 Å². The molecule has 2 aliphatic rings. The lowest BCUT2D eigenvalue weighted by Gasteiger charge is -2.37. The van der Waals surface area contributed by atoms with Crippen LogP contribution in [-0.2, 0) is 9.53 Å². The van der Waals surface area contributed by atoms with Gasteiger partial charge in [-0.25, -0.2) is 4.39 Å². The van der Waals surface area contributed by atoms with E-state index in [-0.39, 0.29) is 28.6 Å². The first-order chi connectivity index (χ1) is 20.2. The highest BCUT2D eigenvalue weighted by Gasteiger charge is 2.38. The molecule has 5 nitrogen and oxygen atoms in total. The van der Waals surface area contributed by atoms with Crippen LogP contribution >= 0.6 is 11.6 Å². The molecule has 0 unspecified atom stereocenters. The van der Waals surface area contributed by atoms with Gasteiger partial charge in [-0.3, -0.25) is 9.69 Å². The zero-order valence-electron chi connectivity index (χ0n) is 26.8. The minimum absolute atomic E-state index is 0.00165. The maximum absolute atomic E-state index is 14.5. The van der Waals surface area contributed by atoms with E-state index in [2.05, 4.69) is 56.0 Å². The molecule has 2 fully saturated rings. The van der Waals surface area contributed by atoms with E-state index in [0.29, 0.717) is 23.9 Å². The van der Waals surface area contributed by atoms with Gasteiger partial charge >= 0.3 is 5.97 Å². The lowest BCUT2D eigenvalue weighted by molar-refractivity contribution is -0.143. The van der Waals surface area contributed by atoms with Gasteiger partial charge in [-0.1, -0.05) is 29.8 Å². The molecule has 3 atom stereocenters. The first kappa shape index (κ1) is 34.1. The highest BCUT2D eigenvalue weighted by atomic mass is 35.5. The molecule has 0 bridgehead atoms. The fourth-order valence-corrected chi connectivity index (χ4v) is 8.16. The number of nitrogens with zero attached hydrogens (tertiary/aromatic N) is 2. The van der Waals surface area contributed by atoms with E-state index in [0.717, 1.165) is 68.2 Å². The van der Waals surface area contributed by atoms with E-state index < -0.39 is 12.0 Å². The first-order valence-corrected chi connectivity index (χ1v) is 16.7. The van der Waals surface area contributed by atoms with Gasteiger partial charge in [0.15, 0.2) is 0 Å². The summed E-state index contributed by atoms with van der Waals surface area (Å²) in [5, 5.41) is 10.8. The number of aliphatic carboxylic acids is 1. The number of halogens is 2. The van der Waals surface area contributed by atoms with Crippen molar-refractivity contribution in [1.29, 1.82) is 0 Å². The fraction of sp³-hybridized carbons (Fsp3) is 0.629. The number of likely N-dealkylation sites (N-methyl/N-ethyl adjacent to an activating group) is 1. The van der Waals surface area contributed by atoms with Gasteiger partial charge in [-0.15, -0.1) is 0 Å². The second-order valence-electron chi connectivity index (χ2n) is 14.0. The van der Waals surface area contributed by atoms with Gasteiger partial charge < -0.3 is 14.7 Å². The Labute approximate surface area is 266 Å². The molecule has 4 rings (SSSR count). The molecule has 2 aromatic carbocycles. The molecular weight excluding hydrogens is 579 g/mol. The maximum atomic E-state index is 14.5. The van der Waals surface area contributed by atoms with Crippen molar-refractivity contribution in [2.75, 3.05) is 27.2 Å². The minimum Gasteiger partial charge on any atom is -0.480 e. The Hall–Kier alpha value is -1.77. The zero-order valence-corrected chi connectivity index (χ0v) is 28.5. The van der Waals surface area contributed by atoms with Gasteiger partial charge in [0.25, 0.3) is 0 Å². The van der Waals surface area contributed by atoms with Crippen molar-refractivity contribution in [3.63, 3.8) is 0 Å².